The Bertz CT molecular complexity index is 595. The van der Waals surface area contributed by atoms with Crippen LogP contribution in [0.25, 0.3) is 0 Å². The van der Waals surface area contributed by atoms with Gasteiger partial charge in [0.05, 0.1) is 5.71 Å². The van der Waals surface area contributed by atoms with Crippen molar-refractivity contribution in [2.45, 2.75) is 67.5 Å². The molecule has 0 amide bonds. The molecule has 0 atom stereocenters. The molecule has 128 valence electrons. The minimum Gasteiger partial charge on any atom is -0.285 e. The molecule has 0 fully saturated rings. The number of hydrogen-bond donors (Lipinski definition) is 0. The maximum absolute atomic E-state index is 14.3. The van der Waals surface area contributed by atoms with E-state index in [0.29, 0.717) is 5.56 Å². The topological polar surface area (TPSA) is 12.4 Å². The monoisotopic (exact) mass is 317 g/mol. The van der Waals surface area contributed by atoms with Crippen LogP contribution >= 0.6 is 0 Å². The van der Waals surface area contributed by atoms with Crippen molar-refractivity contribution in [2.75, 3.05) is 6.54 Å². The van der Waals surface area contributed by atoms with Crippen LogP contribution in [0.3, 0.4) is 0 Å². The van der Waals surface area contributed by atoms with E-state index in [0.717, 1.165) is 29.8 Å². The van der Waals surface area contributed by atoms with Crippen LogP contribution in [0.15, 0.2) is 34.8 Å². The van der Waals surface area contributed by atoms with E-state index < -0.39 is 5.67 Å². The summed E-state index contributed by atoms with van der Waals surface area (Å²) in [7, 11) is 0. The summed E-state index contributed by atoms with van der Waals surface area (Å²) >= 11 is 0. The second kappa shape index (κ2) is 7.42. The molecule has 0 saturated carbocycles. The third-order valence-corrected chi connectivity index (χ3v) is 4.24. The van der Waals surface area contributed by atoms with Gasteiger partial charge in [0.1, 0.15) is 5.67 Å². The lowest BCUT2D eigenvalue weighted by molar-refractivity contribution is 0.221. The van der Waals surface area contributed by atoms with Gasteiger partial charge in [0.25, 0.3) is 0 Å². The van der Waals surface area contributed by atoms with Crippen LogP contribution in [0.1, 0.15) is 71.6 Å². The van der Waals surface area contributed by atoms with E-state index in [2.05, 4.69) is 47.6 Å². The number of aliphatic imine (C=N–C) groups is 1. The van der Waals surface area contributed by atoms with Crippen molar-refractivity contribution < 1.29 is 4.39 Å². The molecule has 0 unspecified atom stereocenters. The highest BCUT2D eigenvalue weighted by atomic mass is 19.1. The van der Waals surface area contributed by atoms with Gasteiger partial charge in [-0.1, -0.05) is 45.4 Å². The predicted molar refractivity (Wildman–Crippen MR) is 100 cm³/mol. The molecule has 2 heteroatoms. The summed E-state index contributed by atoms with van der Waals surface area (Å²) in [6, 6.07) is 5.82. The SMILES string of the molecule is CCC/N=C(\C=C(/C)C(C)(C)C)c1cc(C(C)(C)F)ccc1C. The van der Waals surface area contributed by atoms with Gasteiger partial charge < -0.3 is 0 Å². The molecule has 0 heterocycles. The highest BCUT2D eigenvalue weighted by molar-refractivity contribution is 6.10. The average Bonchev–Trinajstić information content (AvgIpc) is 2.41. The number of halogens is 1. The van der Waals surface area contributed by atoms with Crippen molar-refractivity contribution in [3.8, 4) is 0 Å². The Balaban J connectivity index is 3.45. The minimum atomic E-state index is -1.35. The molecule has 1 nitrogen and oxygen atoms in total. The maximum atomic E-state index is 14.3. The number of rotatable bonds is 5. The third kappa shape index (κ3) is 5.60. The van der Waals surface area contributed by atoms with Crippen molar-refractivity contribution >= 4 is 5.71 Å². The van der Waals surface area contributed by atoms with E-state index in [4.69, 9.17) is 4.99 Å². The Labute approximate surface area is 141 Å². The first kappa shape index (κ1) is 19.6. The summed E-state index contributed by atoms with van der Waals surface area (Å²) in [5.74, 6) is 0. The van der Waals surface area contributed by atoms with E-state index in [-0.39, 0.29) is 5.41 Å². The zero-order valence-electron chi connectivity index (χ0n) is 16.0. The van der Waals surface area contributed by atoms with Crippen molar-refractivity contribution in [3.05, 3.63) is 46.5 Å². The van der Waals surface area contributed by atoms with E-state index in [9.17, 15) is 4.39 Å². The summed E-state index contributed by atoms with van der Waals surface area (Å²) in [6.07, 6.45) is 3.16. The molecule has 1 rings (SSSR count). The predicted octanol–water partition coefficient (Wildman–Crippen LogP) is 6.39. The standard InChI is InChI=1S/C21H32FN/c1-9-12-23-19(13-16(3)20(4,5)6)18-14-17(21(7,8)22)11-10-15(18)2/h10-11,13-14H,9,12H2,1-8H3/b16-13+,23-19+. The highest BCUT2D eigenvalue weighted by Crippen LogP contribution is 2.29. The summed E-state index contributed by atoms with van der Waals surface area (Å²) in [5.41, 5.74) is 3.85. The minimum absolute atomic E-state index is 0.0951. The van der Waals surface area contributed by atoms with Crippen LogP contribution in [-0.2, 0) is 5.67 Å². The zero-order valence-corrected chi connectivity index (χ0v) is 16.0. The van der Waals surface area contributed by atoms with Gasteiger partial charge in [-0.3, -0.25) is 4.99 Å². The number of aryl methyl sites for hydroxylation is 1. The van der Waals surface area contributed by atoms with Crippen molar-refractivity contribution in [2.24, 2.45) is 10.4 Å². The van der Waals surface area contributed by atoms with Crippen LogP contribution in [-0.4, -0.2) is 12.3 Å². The average molecular weight is 317 g/mol. The number of alkyl halides is 1. The molecule has 23 heavy (non-hydrogen) atoms. The fourth-order valence-corrected chi connectivity index (χ4v) is 2.13. The lowest BCUT2D eigenvalue weighted by Crippen LogP contribution is -2.13. The van der Waals surface area contributed by atoms with Gasteiger partial charge in [-0.25, -0.2) is 4.39 Å². The van der Waals surface area contributed by atoms with E-state index >= 15 is 0 Å². The Morgan fingerprint density at radius 3 is 2.26 bits per heavy atom. The molecule has 0 aliphatic carbocycles. The zero-order chi connectivity index (χ0) is 17.8. The molecular formula is C21H32FN. The molecule has 0 saturated heterocycles. The Morgan fingerprint density at radius 1 is 1.17 bits per heavy atom. The summed E-state index contributed by atoms with van der Waals surface area (Å²) in [6.45, 7) is 16.9. The molecule has 0 aromatic heterocycles. The van der Waals surface area contributed by atoms with Gasteiger partial charge in [0.15, 0.2) is 0 Å². The van der Waals surface area contributed by atoms with E-state index in [1.54, 1.807) is 13.8 Å². The fraction of sp³-hybridized carbons (Fsp3) is 0.571. The molecule has 1 aromatic rings. The first-order chi connectivity index (χ1) is 10.5. The lowest BCUT2D eigenvalue weighted by atomic mass is 9.85. The molecule has 1 aromatic carbocycles. The summed E-state index contributed by atoms with van der Waals surface area (Å²) < 4.78 is 14.3. The largest absolute Gasteiger partial charge is 0.285 e. The number of nitrogens with zero attached hydrogens (tertiary/aromatic N) is 1. The number of benzene rings is 1. The maximum Gasteiger partial charge on any atom is 0.130 e. The second-order valence-corrected chi connectivity index (χ2v) is 7.85. The summed E-state index contributed by atoms with van der Waals surface area (Å²) in [4.78, 5) is 4.77. The van der Waals surface area contributed by atoms with Crippen molar-refractivity contribution in [1.29, 1.82) is 0 Å². The van der Waals surface area contributed by atoms with Gasteiger partial charge in [0.2, 0.25) is 0 Å². The smallest absolute Gasteiger partial charge is 0.130 e. The van der Waals surface area contributed by atoms with Crippen LogP contribution in [0, 0.1) is 12.3 Å². The van der Waals surface area contributed by atoms with Gasteiger partial charge in [-0.15, -0.1) is 0 Å². The lowest BCUT2D eigenvalue weighted by Gasteiger charge is -2.21. The first-order valence-electron chi connectivity index (χ1n) is 8.50. The molecule has 0 spiro atoms. The Morgan fingerprint density at radius 2 is 1.78 bits per heavy atom. The van der Waals surface area contributed by atoms with Gasteiger partial charge >= 0.3 is 0 Å². The number of hydrogen-bond acceptors (Lipinski definition) is 1. The van der Waals surface area contributed by atoms with Gasteiger partial charge in [0, 0.05) is 12.1 Å². The molecule has 0 N–H and O–H groups in total. The fourth-order valence-electron chi connectivity index (χ4n) is 2.13. The van der Waals surface area contributed by atoms with Crippen molar-refractivity contribution in [3.63, 3.8) is 0 Å². The third-order valence-electron chi connectivity index (χ3n) is 4.24. The normalized spacial score (nSPS) is 14.3. The summed E-state index contributed by atoms with van der Waals surface area (Å²) in [5, 5.41) is 0. The van der Waals surface area contributed by atoms with Crippen LogP contribution in [0.2, 0.25) is 0 Å². The molecular weight excluding hydrogens is 285 g/mol. The van der Waals surface area contributed by atoms with Crippen molar-refractivity contribution in [1.82, 2.24) is 0 Å². The molecule has 0 radical (unpaired) electrons. The van der Waals surface area contributed by atoms with E-state index in [1.165, 1.54) is 5.57 Å². The second-order valence-electron chi connectivity index (χ2n) is 7.85. The van der Waals surface area contributed by atoms with Crippen LogP contribution in [0.5, 0.6) is 0 Å². The number of allylic oxidation sites excluding steroid dienone is 2. The van der Waals surface area contributed by atoms with Crippen LogP contribution < -0.4 is 0 Å². The Kier molecular flexibility index (Phi) is 6.33. The quantitative estimate of drug-likeness (QED) is 0.558. The highest BCUT2D eigenvalue weighted by Gasteiger charge is 2.21. The molecule has 0 aliphatic heterocycles. The van der Waals surface area contributed by atoms with E-state index in [1.807, 2.05) is 18.2 Å². The van der Waals surface area contributed by atoms with Crippen LogP contribution in [0.4, 0.5) is 4.39 Å². The first-order valence-corrected chi connectivity index (χ1v) is 8.50. The Hall–Kier alpha value is -1.44. The molecule has 0 aliphatic rings. The van der Waals surface area contributed by atoms with Gasteiger partial charge in [-0.05, 0) is 62.8 Å². The van der Waals surface area contributed by atoms with Gasteiger partial charge in [-0.2, -0.15) is 0 Å². The molecule has 0 bridgehead atoms.